The summed E-state index contributed by atoms with van der Waals surface area (Å²) in [5, 5.41) is 0. The molecule has 10 heterocycles. The summed E-state index contributed by atoms with van der Waals surface area (Å²) < 4.78 is 24.6. The van der Waals surface area contributed by atoms with Gasteiger partial charge in [0.05, 0.1) is 0 Å². The number of para-hydroxylation sites is 9. The van der Waals surface area contributed by atoms with Crippen molar-refractivity contribution in [3.8, 4) is 0 Å². The highest BCUT2D eigenvalue weighted by molar-refractivity contribution is 5.80. The topological polar surface area (TPSA) is 32.4 Å². The maximum absolute atomic E-state index is 8.19. The van der Waals surface area contributed by atoms with E-state index in [1.54, 1.807) is 0 Å². The summed E-state index contributed by atoms with van der Waals surface area (Å²) in [5.74, 6) is 1.49. The molecule has 5 atom stereocenters. The molecule has 10 heteroatoms. The third-order valence-corrected chi connectivity index (χ3v) is 27.8. The minimum absolute atomic E-state index is 0. The number of hydrogen-bond acceptors (Lipinski definition) is 10. The van der Waals surface area contributed by atoms with Crippen LogP contribution in [-0.2, 0) is 25.7 Å². The Balaban J connectivity index is 0.000000133. The van der Waals surface area contributed by atoms with E-state index in [0.717, 1.165) is 72.3 Å². The van der Waals surface area contributed by atoms with Crippen LogP contribution in [0.1, 0.15) is 227 Å². The average molecular weight is 1630 g/mol. The molecule has 12 aliphatic rings. The molecule has 0 N–H and O–H groups in total. The molecule has 122 heavy (non-hydrogen) atoms. The van der Waals surface area contributed by atoms with E-state index in [9.17, 15) is 0 Å². The van der Waals surface area contributed by atoms with Gasteiger partial charge in [-0.1, -0.05) is 257 Å². The van der Waals surface area contributed by atoms with Crippen LogP contribution in [0.4, 0.5) is 51.2 Å². The Hall–Kier alpha value is -11.4. The molecule has 0 spiro atoms. The number of nitrogens with zero attached hydrogens (tertiary/aromatic N) is 10. The first-order valence-electron chi connectivity index (χ1n) is 44.9. The average Bonchev–Trinajstić information content (AvgIpc) is 1.50. The van der Waals surface area contributed by atoms with Crippen LogP contribution in [0.3, 0.4) is 0 Å². The molecule has 10 aromatic carbocycles. The predicted molar refractivity (Wildman–Crippen MR) is 525 cm³/mol. The number of rotatable bonds is 8. The van der Waals surface area contributed by atoms with Crippen molar-refractivity contribution in [3.05, 3.63) is 373 Å². The van der Waals surface area contributed by atoms with Gasteiger partial charge in [-0.2, -0.15) is 0 Å². The first kappa shape index (κ1) is 84.3. The van der Waals surface area contributed by atoms with Gasteiger partial charge in [0.25, 0.3) is 0 Å². The molecule has 0 aromatic heterocycles. The van der Waals surface area contributed by atoms with E-state index in [1.165, 1.54) is 204 Å². The summed E-state index contributed by atoms with van der Waals surface area (Å²) in [4.78, 5) is 24.6. The number of aryl methyl sites for hydroxylation is 7. The van der Waals surface area contributed by atoms with Gasteiger partial charge in [0.15, 0.2) is 0 Å². The fraction of sp³-hybridized carbons (Fsp3) is 0.357. The van der Waals surface area contributed by atoms with Crippen LogP contribution in [0.25, 0.3) is 0 Å². The van der Waals surface area contributed by atoms with Crippen molar-refractivity contribution in [1.82, 2.24) is 4.90 Å². The molecular formula is C112H138N10. The van der Waals surface area contributed by atoms with Crippen LogP contribution in [0.15, 0.2) is 306 Å². The molecule has 0 saturated heterocycles. The normalized spacial score (nSPS) is 20.7. The first-order chi connectivity index (χ1) is 58.2. The van der Waals surface area contributed by atoms with E-state index in [-0.39, 0.29) is 43.3 Å². The molecule has 10 aliphatic heterocycles. The highest BCUT2D eigenvalue weighted by atomic mass is 15.5. The zero-order valence-electron chi connectivity index (χ0n) is 74.1. The van der Waals surface area contributed by atoms with Gasteiger partial charge in [0, 0.05) is 156 Å². The quantitative estimate of drug-likeness (QED) is 0.147. The van der Waals surface area contributed by atoms with Gasteiger partial charge < -0.3 is 49.0 Å². The van der Waals surface area contributed by atoms with Crippen LogP contribution >= 0.6 is 0 Å². The summed E-state index contributed by atoms with van der Waals surface area (Å²) in [6.45, 7) is 26.8. The Morgan fingerprint density at radius 1 is 0.262 bits per heavy atom. The van der Waals surface area contributed by atoms with E-state index in [2.05, 4.69) is 322 Å². The van der Waals surface area contributed by atoms with Crippen molar-refractivity contribution < 1.29 is 4.11 Å². The minimum atomic E-state index is -2.12. The molecule has 10 nitrogen and oxygen atoms in total. The monoisotopic (exact) mass is 1630 g/mol. The van der Waals surface area contributed by atoms with Crippen LogP contribution < -0.4 is 44.1 Å². The number of anilines is 9. The van der Waals surface area contributed by atoms with Gasteiger partial charge >= 0.3 is 0 Å². The molecule has 636 valence electrons. The largest absolute Gasteiger partial charge is 0.325 e. The number of allylic oxidation sites excluding steroid dienone is 10. The summed E-state index contributed by atoms with van der Waals surface area (Å²) in [6, 6.07) is 84.6. The van der Waals surface area contributed by atoms with Crippen LogP contribution in [0, 0.1) is 60.3 Å². The predicted octanol–water partition coefficient (Wildman–Crippen LogP) is 29.3. The van der Waals surface area contributed by atoms with E-state index in [4.69, 9.17) is 4.11 Å². The lowest BCUT2D eigenvalue weighted by Crippen LogP contribution is -2.46. The van der Waals surface area contributed by atoms with Gasteiger partial charge in [-0.25, -0.2) is 0 Å². The lowest BCUT2D eigenvalue weighted by molar-refractivity contribution is 0.306. The molecule has 2 aliphatic carbocycles. The van der Waals surface area contributed by atoms with Crippen LogP contribution in [0.2, 0.25) is 0 Å². The van der Waals surface area contributed by atoms with Crippen molar-refractivity contribution >= 4 is 51.2 Å². The second-order valence-electron chi connectivity index (χ2n) is 34.6. The minimum Gasteiger partial charge on any atom is -0.325 e. The lowest BCUT2D eigenvalue weighted by Gasteiger charge is -2.41. The third kappa shape index (κ3) is 15.3. The lowest BCUT2D eigenvalue weighted by atomic mass is 9.85. The Morgan fingerprint density at radius 2 is 0.533 bits per heavy atom. The Bertz CT molecular complexity index is 5770. The summed E-state index contributed by atoms with van der Waals surface area (Å²) in [6.07, 6.45) is 22.6. The number of hydrogen-bond donors (Lipinski definition) is 0. The van der Waals surface area contributed by atoms with Crippen molar-refractivity contribution in [2.45, 2.75) is 255 Å². The van der Waals surface area contributed by atoms with Crippen molar-refractivity contribution in [1.29, 1.82) is 0 Å². The molecule has 2 fully saturated rings. The number of fused-ring (bicyclic) bond motifs is 13. The molecule has 0 radical (unpaired) electrons. The van der Waals surface area contributed by atoms with E-state index in [0.29, 0.717) is 18.5 Å². The summed E-state index contributed by atoms with van der Waals surface area (Å²) >= 11 is 0. The van der Waals surface area contributed by atoms with Crippen molar-refractivity contribution in [3.63, 3.8) is 0 Å². The molecule has 5 unspecified atom stereocenters. The van der Waals surface area contributed by atoms with Gasteiger partial charge in [-0.15, -0.1) is 0 Å². The molecule has 0 bridgehead atoms. The van der Waals surface area contributed by atoms with Gasteiger partial charge in [-0.05, 0) is 250 Å². The van der Waals surface area contributed by atoms with E-state index >= 15 is 0 Å². The first-order valence-corrected chi connectivity index (χ1v) is 43.4. The summed E-state index contributed by atoms with van der Waals surface area (Å²) in [7, 11) is 0. The molecule has 22 rings (SSSR count). The zero-order valence-corrected chi connectivity index (χ0v) is 71.1. The van der Waals surface area contributed by atoms with Crippen molar-refractivity contribution in [2.75, 3.05) is 44.1 Å². The maximum atomic E-state index is 8.19. The molecule has 0 amide bonds. The maximum Gasteiger partial charge on any atom is 0.136 e. The fourth-order valence-electron chi connectivity index (χ4n) is 22.0. The summed E-state index contributed by atoms with van der Waals surface area (Å²) in [5.41, 5.74) is 41.5. The second kappa shape index (κ2) is 36.8. The second-order valence-corrected chi connectivity index (χ2v) is 34.6. The van der Waals surface area contributed by atoms with Gasteiger partial charge in [-0.3, -0.25) is 0 Å². The Labute approximate surface area is 739 Å². The zero-order chi connectivity index (χ0) is 83.1. The van der Waals surface area contributed by atoms with E-state index in [1.807, 2.05) is 66.1 Å². The van der Waals surface area contributed by atoms with E-state index < -0.39 is 13.0 Å². The van der Waals surface area contributed by atoms with Crippen LogP contribution in [0.5, 0.6) is 0 Å². The SMILES string of the molecule is C.C.C.C.C.CC1=C2CC=CN2C(c2c(C)cccc2C)N1c1ccccc1C.CC1=C2Cc3ccccc3N2C(C)N1c1ccccc1C.CC1=C2Cc3ccccc3N2C(C2CCCC2)N1c1ccccc1C.CC1=C2Cc3ccccc3N2C(C2CCCCC2)N1c1ccccc1C.[2H]C([2H])([2H])C1N(c2ccccc2C)C(C)=C2Cc3ccccc3N21. The van der Waals surface area contributed by atoms with Gasteiger partial charge in [0.2, 0.25) is 0 Å². The Morgan fingerprint density at radius 3 is 0.893 bits per heavy atom. The highest BCUT2D eigenvalue weighted by Crippen LogP contribution is 2.55. The highest BCUT2D eigenvalue weighted by Gasteiger charge is 2.50. The van der Waals surface area contributed by atoms with Crippen molar-refractivity contribution in [2.24, 2.45) is 11.8 Å². The molecule has 2 saturated carbocycles. The van der Waals surface area contributed by atoms with Gasteiger partial charge in [0.1, 0.15) is 30.8 Å². The smallest absolute Gasteiger partial charge is 0.136 e. The Kier molecular flexibility index (Phi) is 25.4. The molecule has 10 aromatic rings. The van der Waals surface area contributed by atoms with Crippen LogP contribution in [-0.4, -0.2) is 29.6 Å². The number of benzene rings is 10. The molecular weight excluding hydrogens is 1490 g/mol. The fourth-order valence-corrected chi connectivity index (χ4v) is 22.0. The third-order valence-electron chi connectivity index (χ3n) is 27.8. The standard InChI is InChI=1S/C24H28N2.C23H26N2.C22H24N2.2C19H20N2.5CH4/c1-17-10-6-8-14-21(17)25-18(2)23-16-20-13-7-9-15-22(20)26(23)24(25)19-11-4-3-5-12-19;1-16-9-3-7-13-20(16)24-17(2)22-15-19-12-6-8-14-21(19)25(22)23(24)18-10-4-5-11-18;1-15-9-5-6-12-19(15)24-18(4)20-13-8-14-23(20)22(24)21-16(2)10-7-11-17(21)3;2*1-13-8-4-6-10-17(13)20-14(2)19-12-16-9-5-7-11-18(16)21(19)15(20)3;;;;;/h6-10,13-15,19,24H,3-5,11-12,16H2,1-2H3;3,6-9,12-14,18,23H,4-5,10-11,15H2,1-2H3;5-12,14,22H,13H2,1-4H3;2*4-11,15H,12H2,1-3H3;5*1H4/i;;;3D3;;;;;;.